The number of anilines is 1. The number of rotatable bonds is 8. The van der Waals surface area contributed by atoms with E-state index in [-0.39, 0.29) is 12.0 Å². The molecular weight excluding hydrogens is 444 g/mol. The summed E-state index contributed by atoms with van der Waals surface area (Å²) < 4.78 is 15.9. The van der Waals surface area contributed by atoms with Crippen molar-refractivity contribution in [3.8, 4) is 21.9 Å². The second-order valence-electron chi connectivity index (χ2n) is 6.87. The molecule has 0 saturated heterocycles. The quantitative estimate of drug-likeness (QED) is 0.325. The second kappa shape index (κ2) is 11.0. The van der Waals surface area contributed by atoms with E-state index in [1.54, 1.807) is 21.1 Å². The zero-order chi connectivity index (χ0) is 23.1. The summed E-state index contributed by atoms with van der Waals surface area (Å²) >= 11 is 6.99. The topological polar surface area (TPSA) is 68.8 Å². The van der Waals surface area contributed by atoms with Gasteiger partial charge in [-0.1, -0.05) is 36.4 Å². The van der Waals surface area contributed by atoms with Crippen LogP contribution in [0.3, 0.4) is 0 Å². The third kappa shape index (κ3) is 5.57. The van der Waals surface area contributed by atoms with Crippen LogP contribution in [0.1, 0.15) is 35.8 Å². The molecule has 32 heavy (non-hydrogen) atoms. The lowest BCUT2D eigenvalue weighted by atomic mass is 10.1. The highest BCUT2D eigenvalue weighted by molar-refractivity contribution is 7.80. The summed E-state index contributed by atoms with van der Waals surface area (Å²) in [6.07, 6.45) is 0. The van der Waals surface area contributed by atoms with Crippen molar-refractivity contribution in [1.82, 2.24) is 5.32 Å². The fourth-order valence-corrected chi connectivity index (χ4v) is 4.53. The largest absolute Gasteiger partial charge is 0.493 e. The van der Waals surface area contributed by atoms with E-state index >= 15 is 0 Å². The number of methoxy groups -OCH3 is 2. The van der Waals surface area contributed by atoms with Crippen molar-refractivity contribution in [2.45, 2.75) is 19.9 Å². The number of carbonyl (C=O) groups excluding carboxylic acids is 1. The van der Waals surface area contributed by atoms with E-state index in [1.807, 2.05) is 61.5 Å². The van der Waals surface area contributed by atoms with Gasteiger partial charge in [0.05, 0.1) is 32.4 Å². The molecule has 2 N–H and O–H groups in total. The van der Waals surface area contributed by atoms with Crippen LogP contribution in [0.2, 0.25) is 0 Å². The van der Waals surface area contributed by atoms with Crippen LogP contribution in [-0.2, 0) is 4.74 Å². The molecule has 1 aromatic heterocycles. The minimum atomic E-state index is -0.385. The Balaban J connectivity index is 1.79. The number of esters is 1. The summed E-state index contributed by atoms with van der Waals surface area (Å²) in [7, 11) is 3.20. The van der Waals surface area contributed by atoms with Gasteiger partial charge in [0.2, 0.25) is 0 Å². The van der Waals surface area contributed by atoms with Gasteiger partial charge in [0.15, 0.2) is 16.6 Å². The Labute approximate surface area is 197 Å². The monoisotopic (exact) mass is 470 g/mol. The van der Waals surface area contributed by atoms with E-state index < -0.39 is 0 Å². The molecule has 0 fully saturated rings. The fourth-order valence-electron chi connectivity index (χ4n) is 3.13. The SMILES string of the molecule is CCOC(=O)c1cc(-c2ccccc2)sc1NC(=S)NC(C)c1ccc(OC)c(OC)c1. The number of benzene rings is 2. The van der Waals surface area contributed by atoms with Gasteiger partial charge in [-0.15, -0.1) is 11.3 Å². The maximum atomic E-state index is 12.5. The van der Waals surface area contributed by atoms with Crippen LogP contribution in [-0.4, -0.2) is 31.9 Å². The van der Waals surface area contributed by atoms with Crippen LogP contribution in [0.15, 0.2) is 54.6 Å². The molecule has 0 saturated carbocycles. The molecule has 0 spiro atoms. The normalized spacial score (nSPS) is 11.4. The van der Waals surface area contributed by atoms with Crippen molar-refractivity contribution in [1.29, 1.82) is 0 Å². The molecule has 1 atom stereocenters. The number of thiophene rings is 1. The molecule has 1 unspecified atom stereocenters. The van der Waals surface area contributed by atoms with E-state index in [2.05, 4.69) is 10.6 Å². The van der Waals surface area contributed by atoms with Crippen molar-refractivity contribution in [3.63, 3.8) is 0 Å². The first-order valence-electron chi connectivity index (χ1n) is 10.1. The van der Waals surface area contributed by atoms with Gasteiger partial charge < -0.3 is 24.8 Å². The molecule has 0 aliphatic carbocycles. The molecule has 1 heterocycles. The first kappa shape index (κ1) is 23.6. The van der Waals surface area contributed by atoms with Gasteiger partial charge in [0.1, 0.15) is 5.00 Å². The summed E-state index contributed by atoms with van der Waals surface area (Å²) in [6.45, 7) is 4.08. The zero-order valence-corrected chi connectivity index (χ0v) is 20.1. The van der Waals surface area contributed by atoms with Gasteiger partial charge in [0.25, 0.3) is 0 Å². The van der Waals surface area contributed by atoms with Crippen molar-refractivity contribution in [2.75, 3.05) is 26.1 Å². The van der Waals surface area contributed by atoms with Crippen molar-refractivity contribution >= 4 is 39.6 Å². The number of thiocarbonyl (C=S) groups is 1. The van der Waals surface area contributed by atoms with E-state index in [0.29, 0.717) is 33.8 Å². The Bertz CT molecular complexity index is 1080. The maximum Gasteiger partial charge on any atom is 0.341 e. The van der Waals surface area contributed by atoms with E-state index in [4.69, 9.17) is 26.4 Å². The molecular formula is C24H26N2O4S2. The first-order chi connectivity index (χ1) is 15.5. The van der Waals surface area contributed by atoms with Crippen LogP contribution in [0.4, 0.5) is 5.00 Å². The molecule has 6 nitrogen and oxygen atoms in total. The molecule has 0 aliphatic rings. The Morgan fingerprint density at radius 3 is 2.44 bits per heavy atom. The van der Waals surface area contributed by atoms with Gasteiger partial charge in [-0.05, 0) is 55.4 Å². The van der Waals surface area contributed by atoms with Gasteiger partial charge >= 0.3 is 5.97 Å². The fraction of sp³-hybridized carbons (Fsp3) is 0.250. The Hall–Kier alpha value is -3.10. The van der Waals surface area contributed by atoms with Gasteiger partial charge in [-0.2, -0.15) is 0 Å². The maximum absolute atomic E-state index is 12.5. The van der Waals surface area contributed by atoms with E-state index in [1.165, 1.54) is 11.3 Å². The highest BCUT2D eigenvalue weighted by Gasteiger charge is 2.20. The molecule has 0 amide bonds. The van der Waals surface area contributed by atoms with Crippen molar-refractivity contribution in [2.24, 2.45) is 0 Å². The van der Waals surface area contributed by atoms with Gasteiger partial charge in [-0.25, -0.2) is 4.79 Å². The summed E-state index contributed by atoms with van der Waals surface area (Å²) in [5.41, 5.74) is 2.46. The second-order valence-corrected chi connectivity index (χ2v) is 8.33. The van der Waals surface area contributed by atoms with Crippen LogP contribution in [0, 0.1) is 0 Å². The van der Waals surface area contributed by atoms with Crippen molar-refractivity contribution in [3.05, 3.63) is 65.7 Å². The minimum absolute atomic E-state index is 0.102. The third-order valence-electron chi connectivity index (χ3n) is 4.77. The summed E-state index contributed by atoms with van der Waals surface area (Å²) in [6, 6.07) is 17.3. The zero-order valence-electron chi connectivity index (χ0n) is 18.4. The average molecular weight is 471 g/mol. The Morgan fingerprint density at radius 1 is 1.06 bits per heavy atom. The molecule has 0 bridgehead atoms. The number of hydrogen-bond donors (Lipinski definition) is 2. The predicted molar refractivity (Wildman–Crippen MR) is 133 cm³/mol. The minimum Gasteiger partial charge on any atom is -0.493 e. The van der Waals surface area contributed by atoms with E-state index in [0.717, 1.165) is 16.0 Å². The lowest BCUT2D eigenvalue weighted by Crippen LogP contribution is -2.31. The summed E-state index contributed by atoms with van der Waals surface area (Å²) in [5, 5.41) is 7.47. The molecule has 2 aromatic carbocycles. The number of carbonyl (C=O) groups is 1. The van der Waals surface area contributed by atoms with Crippen LogP contribution in [0.5, 0.6) is 11.5 Å². The van der Waals surface area contributed by atoms with Crippen LogP contribution < -0.4 is 20.1 Å². The highest BCUT2D eigenvalue weighted by Crippen LogP contribution is 2.36. The molecule has 0 aliphatic heterocycles. The molecule has 0 radical (unpaired) electrons. The molecule has 8 heteroatoms. The highest BCUT2D eigenvalue weighted by atomic mass is 32.1. The summed E-state index contributed by atoms with van der Waals surface area (Å²) in [5.74, 6) is 0.923. The first-order valence-corrected chi connectivity index (χ1v) is 11.3. The van der Waals surface area contributed by atoms with Crippen LogP contribution >= 0.6 is 23.6 Å². The van der Waals surface area contributed by atoms with Gasteiger partial charge in [0, 0.05) is 4.88 Å². The smallest absolute Gasteiger partial charge is 0.341 e. The molecule has 3 aromatic rings. The molecule has 3 rings (SSSR count). The van der Waals surface area contributed by atoms with Crippen molar-refractivity contribution < 1.29 is 19.0 Å². The standard InChI is InChI=1S/C24H26N2O4S2/c1-5-30-23(27)18-14-21(16-9-7-6-8-10-16)32-22(18)26-24(31)25-15(2)17-11-12-19(28-3)20(13-17)29-4/h6-15H,5H2,1-4H3,(H2,25,26,31). The van der Waals surface area contributed by atoms with Gasteiger partial charge in [-0.3, -0.25) is 0 Å². The lowest BCUT2D eigenvalue weighted by Gasteiger charge is -2.18. The number of nitrogens with one attached hydrogen (secondary N) is 2. The predicted octanol–water partition coefficient (Wildman–Crippen LogP) is 5.66. The molecule has 168 valence electrons. The van der Waals surface area contributed by atoms with Crippen LogP contribution in [0.25, 0.3) is 10.4 Å². The Morgan fingerprint density at radius 2 is 1.78 bits per heavy atom. The average Bonchev–Trinajstić information content (AvgIpc) is 3.23. The summed E-state index contributed by atoms with van der Waals surface area (Å²) in [4.78, 5) is 13.5. The lowest BCUT2D eigenvalue weighted by molar-refractivity contribution is 0.0528. The number of hydrogen-bond acceptors (Lipinski definition) is 6. The number of ether oxygens (including phenoxy) is 3. The Kier molecular flexibility index (Phi) is 8.08. The van der Waals surface area contributed by atoms with E-state index in [9.17, 15) is 4.79 Å². The third-order valence-corrected chi connectivity index (χ3v) is 6.09.